The van der Waals surface area contributed by atoms with E-state index in [1.165, 1.54) is 6.33 Å². The number of aliphatic hydroxyl groups is 1. The van der Waals surface area contributed by atoms with E-state index in [0.29, 0.717) is 15.9 Å². The van der Waals surface area contributed by atoms with Crippen LogP contribution in [0.5, 0.6) is 0 Å². The molecule has 70 valence electrons. The Balaban J connectivity index is 2.50. The molecule has 0 radical (unpaired) electrons. The molecule has 1 N–H and O–H groups in total. The standard InChI is InChI=1S/C8H8Cl2N2O/c9-6-5(7(10)12-4-11-6)8(3-13)1-2-8/h4,13H,1-3H2. The molecule has 0 saturated heterocycles. The van der Waals surface area contributed by atoms with Crippen molar-refractivity contribution >= 4 is 23.2 Å². The molecule has 1 aliphatic carbocycles. The lowest BCUT2D eigenvalue weighted by Gasteiger charge is -2.13. The Hall–Kier alpha value is -0.380. The van der Waals surface area contributed by atoms with Gasteiger partial charge in [-0.3, -0.25) is 0 Å². The van der Waals surface area contributed by atoms with Crippen LogP contribution >= 0.6 is 23.2 Å². The van der Waals surface area contributed by atoms with Crippen molar-refractivity contribution in [3.05, 3.63) is 22.2 Å². The molecule has 2 rings (SSSR count). The molecule has 3 nitrogen and oxygen atoms in total. The molecule has 1 fully saturated rings. The third-order valence-corrected chi connectivity index (χ3v) is 3.01. The summed E-state index contributed by atoms with van der Waals surface area (Å²) in [6, 6.07) is 0. The van der Waals surface area contributed by atoms with Crippen LogP contribution in [0, 0.1) is 0 Å². The molecule has 1 aliphatic rings. The maximum Gasteiger partial charge on any atom is 0.137 e. The summed E-state index contributed by atoms with van der Waals surface area (Å²) in [4.78, 5) is 7.71. The summed E-state index contributed by atoms with van der Waals surface area (Å²) < 4.78 is 0. The number of aromatic nitrogens is 2. The molecule has 0 aliphatic heterocycles. The molecular formula is C8H8Cl2N2O. The van der Waals surface area contributed by atoms with E-state index < -0.39 is 0 Å². The second kappa shape index (κ2) is 3.08. The van der Waals surface area contributed by atoms with Crippen LogP contribution in [0.1, 0.15) is 18.4 Å². The first-order valence-electron chi connectivity index (χ1n) is 3.97. The zero-order valence-electron chi connectivity index (χ0n) is 6.80. The van der Waals surface area contributed by atoms with Gasteiger partial charge in [0, 0.05) is 11.0 Å². The molecule has 0 bridgehead atoms. The third kappa shape index (κ3) is 1.41. The van der Waals surface area contributed by atoms with Crippen molar-refractivity contribution in [1.82, 2.24) is 9.97 Å². The molecule has 0 aromatic carbocycles. The largest absolute Gasteiger partial charge is 0.395 e. The maximum atomic E-state index is 9.19. The van der Waals surface area contributed by atoms with Gasteiger partial charge in [0.25, 0.3) is 0 Å². The Morgan fingerprint density at radius 2 is 1.85 bits per heavy atom. The van der Waals surface area contributed by atoms with Crippen LogP contribution in [-0.4, -0.2) is 21.7 Å². The Bertz CT molecular complexity index is 319. The molecule has 1 heterocycles. The molecule has 1 aromatic rings. The third-order valence-electron chi connectivity index (χ3n) is 2.44. The average molecular weight is 219 g/mol. The molecule has 1 aromatic heterocycles. The zero-order chi connectivity index (χ0) is 9.47. The molecule has 0 atom stereocenters. The van der Waals surface area contributed by atoms with Crippen molar-refractivity contribution in [2.24, 2.45) is 0 Å². The summed E-state index contributed by atoms with van der Waals surface area (Å²) in [5.41, 5.74) is 0.427. The van der Waals surface area contributed by atoms with Gasteiger partial charge in [0.2, 0.25) is 0 Å². The lowest BCUT2D eigenvalue weighted by molar-refractivity contribution is 0.254. The second-order valence-electron chi connectivity index (χ2n) is 3.27. The minimum atomic E-state index is -0.268. The number of hydrogen-bond donors (Lipinski definition) is 1. The Kier molecular flexibility index (Phi) is 2.18. The Morgan fingerprint density at radius 1 is 1.31 bits per heavy atom. The Morgan fingerprint density at radius 3 is 2.23 bits per heavy atom. The predicted molar refractivity (Wildman–Crippen MR) is 50.0 cm³/mol. The summed E-state index contributed by atoms with van der Waals surface area (Å²) in [6.07, 6.45) is 3.12. The number of rotatable bonds is 2. The molecule has 13 heavy (non-hydrogen) atoms. The van der Waals surface area contributed by atoms with Crippen LogP contribution in [0.4, 0.5) is 0 Å². The SMILES string of the molecule is OCC1(c2c(Cl)ncnc2Cl)CC1. The minimum Gasteiger partial charge on any atom is -0.395 e. The predicted octanol–water partition coefficient (Wildman–Crippen LogP) is 1.81. The molecule has 0 unspecified atom stereocenters. The average Bonchev–Trinajstić information content (AvgIpc) is 2.85. The van der Waals surface area contributed by atoms with E-state index in [0.717, 1.165) is 12.8 Å². The molecule has 0 amide bonds. The highest BCUT2D eigenvalue weighted by Crippen LogP contribution is 2.51. The van der Waals surface area contributed by atoms with Gasteiger partial charge < -0.3 is 5.11 Å². The first-order chi connectivity index (χ1) is 6.19. The highest BCUT2D eigenvalue weighted by molar-refractivity contribution is 6.34. The van der Waals surface area contributed by atoms with Crippen LogP contribution in [0.2, 0.25) is 10.3 Å². The highest BCUT2D eigenvalue weighted by atomic mass is 35.5. The topological polar surface area (TPSA) is 46.0 Å². The zero-order valence-corrected chi connectivity index (χ0v) is 8.31. The summed E-state index contributed by atoms with van der Waals surface area (Å²) in [6.45, 7) is 0.0554. The van der Waals surface area contributed by atoms with Gasteiger partial charge >= 0.3 is 0 Å². The van der Waals surface area contributed by atoms with Crippen LogP contribution < -0.4 is 0 Å². The van der Waals surface area contributed by atoms with Gasteiger partial charge in [-0.1, -0.05) is 23.2 Å². The van der Waals surface area contributed by atoms with E-state index in [1.54, 1.807) is 0 Å². The van der Waals surface area contributed by atoms with Crippen LogP contribution in [0.25, 0.3) is 0 Å². The minimum absolute atomic E-state index is 0.0554. The van der Waals surface area contributed by atoms with Crippen molar-refractivity contribution < 1.29 is 5.11 Å². The maximum absolute atomic E-state index is 9.19. The smallest absolute Gasteiger partial charge is 0.137 e. The van der Waals surface area contributed by atoms with Crippen molar-refractivity contribution in [1.29, 1.82) is 0 Å². The molecular weight excluding hydrogens is 211 g/mol. The van der Waals surface area contributed by atoms with Gasteiger partial charge in [-0.2, -0.15) is 0 Å². The van der Waals surface area contributed by atoms with E-state index in [-0.39, 0.29) is 12.0 Å². The van der Waals surface area contributed by atoms with E-state index in [1.807, 2.05) is 0 Å². The molecule has 5 heteroatoms. The second-order valence-corrected chi connectivity index (χ2v) is 3.98. The van der Waals surface area contributed by atoms with Gasteiger partial charge in [0.05, 0.1) is 6.61 Å². The van der Waals surface area contributed by atoms with Gasteiger partial charge in [0.1, 0.15) is 16.6 Å². The first kappa shape index (κ1) is 9.19. The van der Waals surface area contributed by atoms with E-state index in [2.05, 4.69) is 9.97 Å². The van der Waals surface area contributed by atoms with Crippen molar-refractivity contribution in [3.63, 3.8) is 0 Å². The number of halogens is 2. The summed E-state index contributed by atoms with van der Waals surface area (Å²) >= 11 is 11.8. The van der Waals surface area contributed by atoms with Crippen molar-refractivity contribution in [3.8, 4) is 0 Å². The van der Waals surface area contributed by atoms with Gasteiger partial charge in [-0.15, -0.1) is 0 Å². The summed E-state index contributed by atoms with van der Waals surface area (Å²) in [5, 5.41) is 9.89. The summed E-state index contributed by atoms with van der Waals surface area (Å²) in [7, 11) is 0. The van der Waals surface area contributed by atoms with E-state index in [9.17, 15) is 5.11 Å². The van der Waals surface area contributed by atoms with E-state index >= 15 is 0 Å². The monoisotopic (exact) mass is 218 g/mol. The Labute approximate surface area is 85.7 Å². The number of aliphatic hydroxyl groups excluding tert-OH is 1. The lowest BCUT2D eigenvalue weighted by atomic mass is 10.0. The highest BCUT2D eigenvalue weighted by Gasteiger charge is 2.47. The quantitative estimate of drug-likeness (QED) is 0.771. The lowest BCUT2D eigenvalue weighted by Crippen LogP contribution is -2.14. The van der Waals surface area contributed by atoms with Crippen LogP contribution in [-0.2, 0) is 5.41 Å². The van der Waals surface area contributed by atoms with Gasteiger partial charge in [-0.25, -0.2) is 9.97 Å². The van der Waals surface area contributed by atoms with Crippen LogP contribution in [0.15, 0.2) is 6.33 Å². The van der Waals surface area contributed by atoms with Crippen LogP contribution in [0.3, 0.4) is 0 Å². The number of nitrogens with zero attached hydrogens (tertiary/aromatic N) is 2. The van der Waals surface area contributed by atoms with Gasteiger partial charge in [-0.05, 0) is 12.8 Å². The van der Waals surface area contributed by atoms with Crippen molar-refractivity contribution in [2.75, 3.05) is 6.61 Å². The first-order valence-corrected chi connectivity index (χ1v) is 4.72. The fourth-order valence-electron chi connectivity index (χ4n) is 1.42. The van der Waals surface area contributed by atoms with Gasteiger partial charge in [0.15, 0.2) is 0 Å². The number of hydrogen-bond acceptors (Lipinski definition) is 3. The molecule has 1 saturated carbocycles. The summed E-state index contributed by atoms with van der Waals surface area (Å²) in [5.74, 6) is 0. The fraction of sp³-hybridized carbons (Fsp3) is 0.500. The fourth-order valence-corrected chi connectivity index (χ4v) is 2.14. The normalized spacial score (nSPS) is 18.7. The van der Waals surface area contributed by atoms with Crippen molar-refractivity contribution in [2.45, 2.75) is 18.3 Å². The molecule has 0 spiro atoms. The van der Waals surface area contributed by atoms with E-state index in [4.69, 9.17) is 23.2 Å².